The fourth-order valence-electron chi connectivity index (χ4n) is 3.61. The standard InChI is InChI=1S/C24H22ClN5O6S/c1-13-11-14(2)27-24(26-13)29-37(33,34)17-8-5-15(6-9-17)28-21-20(25)22(31)30(23(21)32)18-12-16(35-3)7-10-19(18)36-4/h5-12,28H,1-4H3,(H,26,27,29). The first-order valence-corrected chi connectivity index (χ1v) is 12.6. The molecule has 0 fully saturated rings. The van der Waals surface area contributed by atoms with E-state index in [0.717, 1.165) is 4.90 Å². The van der Waals surface area contributed by atoms with Crippen molar-refractivity contribution in [3.05, 3.63) is 70.6 Å². The molecule has 2 amide bonds. The minimum Gasteiger partial charge on any atom is -0.497 e. The molecule has 0 atom stereocenters. The molecule has 2 N–H and O–H groups in total. The van der Waals surface area contributed by atoms with E-state index in [4.69, 9.17) is 21.1 Å². The van der Waals surface area contributed by atoms with Crippen LogP contribution in [0.5, 0.6) is 11.5 Å². The zero-order chi connectivity index (χ0) is 26.9. The van der Waals surface area contributed by atoms with Crippen LogP contribution in [-0.4, -0.2) is 44.4 Å². The van der Waals surface area contributed by atoms with Crippen LogP contribution in [0, 0.1) is 13.8 Å². The molecule has 0 radical (unpaired) electrons. The lowest BCUT2D eigenvalue weighted by molar-refractivity contribution is -0.120. The molecule has 0 unspecified atom stereocenters. The lowest BCUT2D eigenvalue weighted by atomic mass is 10.2. The summed E-state index contributed by atoms with van der Waals surface area (Å²) in [4.78, 5) is 35.0. The summed E-state index contributed by atoms with van der Waals surface area (Å²) >= 11 is 6.22. The maximum atomic E-state index is 13.2. The number of benzene rings is 2. The van der Waals surface area contributed by atoms with Crippen molar-refractivity contribution < 1.29 is 27.5 Å². The molecule has 192 valence electrons. The summed E-state index contributed by atoms with van der Waals surface area (Å²) in [5.41, 5.74) is 1.55. The maximum absolute atomic E-state index is 13.2. The average Bonchev–Trinajstić information content (AvgIpc) is 3.06. The third-order valence-corrected chi connectivity index (χ3v) is 6.99. The Labute approximate surface area is 218 Å². The van der Waals surface area contributed by atoms with Gasteiger partial charge in [0.15, 0.2) is 0 Å². The molecule has 37 heavy (non-hydrogen) atoms. The number of imide groups is 1. The monoisotopic (exact) mass is 543 g/mol. The number of carbonyl (C=O) groups is 2. The minimum absolute atomic E-state index is 0.0419. The maximum Gasteiger partial charge on any atom is 0.283 e. The molecular weight excluding hydrogens is 522 g/mol. The van der Waals surface area contributed by atoms with Crippen LogP contribution in [0.4, 0.5) is 17.3 Å². The van der Waals surface area contributed by atoms with Gasteiger partial charge >= 0.3 is 0 Å². The van der Waals surface area contributed by atoms with Crippen molar-refractivity contribution in [2.45, 2.75) is 18.7 Å². The Balaban J connectivity index is 1.56. The molecule has 0 spiro atoms. The highest BCUT2D eigenvalue weighted by Gasteiger charge is 2.40. The molecule has 1 aromatic heterocycles. The minimum atomic E-state index is -3.98. The smallest absolute Gasteiger partial charge is 0.283 e. The first kappa shape index (κ1) is 25.9. The summed E-state index contributed by atoms with van der Waals surface area (Å²) < 4.78 is 38.4. The normalized spacial score (nSPS) is 13.7. The summed E-state index contributed by atoms with van der Waals surface area (Å²) in [5.74, 6) is -0.835. The predicted octanol–water partition coefficient (Wildman–Crippen LogP) is 3.35. The molecule has 13 heteroatoms. The van der Waals surface area contributed by atoms with E-state index in [-0.39, 0.29) is 33.0 Å². The Morgan fingerprint density at radius 2 is 1.54 bits per heavy atom. The van der Waals surface area contributed by atoms with Crippen molar-refractivity contribution in [2.24, 2.45) is 0 Å². The van der Waals surface area contributed by atoms with Crippen molar-refractivity contribution in [2.75, 3.05) is 29.2 Å². The van der Waals surface area contributed by atoms with Gasteiger partial charge in [-0.2, -0.15) is 0 Å². The zero-order valence-corrected chi connectivity index (χ0v) is 21.8. The molecule has 0 saturated heterocycles. The fourth-order valence-corrected chi connectivity index (χ4v) is 4.77. The van der Waals surface area contributed by atoms with Gasteiger partial charge in [-0.15, -0.1) is 0 Å². The second-order valence-corrected chi connectivity index (χ2v) is 9.96. The SMILES string of the molecule is COc1ccc(OC)c(N2C(=O)C(Cl)=C(Nc3ccc(S(=O)(=O)Nc4nc(C)cc(C)n4)cc3)C2=O)c1. The molecule has 3 aromatic rings. The molecule has 1 aliphatic rings. The highest BCUT2D eigenvalue weighted by Crippen LogP contribution is 2.38. The van der Waals surface area contributed by atoms with Crippen molar-refractivity contribution in [1.29, 1.82) is 0 Å². The van der Waals surface area contributed by atoms with Crippen molar-refractivity contribution in [3.63, 3.8) is 0 Å². The van der Waals surface area contributed by atoms with E-state index in [1.54, 1.807) is 32.0 Å². The van der Waals surface area contributed by atoms with Crippen LogP contribution in [0.1, 0.15) is 11.4 Å². The van der Waals surface area contributed by atoms with E-state index >= 15 is 0 Å². The number of nitrogens with zero attached hydrogens (tertiary/aromatic N) is 3. The number of anilines is 3. The van der Waals surface area contributed by atoms with Gasteiger partial charge in [-0.3, -0.25) is 9.59 Å². The van der Waals surface area contributed by atoms with Gasteiger partial charge in [0.25, 0.3) is 21.8 Å². The summed E-state index contributed by atoms with van der Waals surface area (Å²) in [5, 5.41) is 2.47. The third kappa shape index (κ3) is 5.20. The molecular formula is C24H22ClN5O6S. The number of methoxy groups -OCH3 is 2. The molecule has 0 saturated carbocycles. The van der Waals surface area contributed by atoms with E-state index < -0.39 is 21.8 Å². The number of ether oxygens (including phenoxy) is 2. The third-order valence-electron chi connectivity index (χ3n) is 5.30. The summed E-state index contributed by atoms with van der Waals surface area (Å²) in [6.45, 7) is 3.46. The molecule has 1 aliphatic heterocycles. The predicted molar refractivity (Wildman–Crippen MR) is 137 cm³/mol. The molecule has 4 rings (SSSR count). The zero-order valence-electron chi connectivity index (χ0n) is 20.2. The highest BCUT2D eigenvalue weighted by molar-refractivity contribution is 7.92. The number of rotatable bonds is 8. The van der Waals surface area contributed by atoms with Crippen LogP contribution in [0.15, 0.2) is 64.2 Å². The number of hydrogen-bond donors (Lipinski definition) is 2. The molecule has 0 aliphatic carbocycles. The van der Waals surface area contributed by atoms with E-state index in [2.05, 4.69) is 20.0 Å². The Hall–Kier alpha value is -4.16. The van der Waals surface area contributed by atoms with Crippen molar-refractivity contribution in [1.82, 2.24) is 9.97 Å². The molecule has 2 heterocycles. The van der Waals surface area contributed by atoms with Crippen LogP contribution in [-0.2, 0) is 19.6 Å². The van der Waals surface area contributed by atoms with Crippen molar-refractivity contribution >= 4 is 50.8 Å². The molecule has 11 nitrogen and oxygen atoms in total. The first-order valence-electron chi connectivity index (χ1n) is 10.8. The number of aromatic nitrogens is 2. The van der Waals surface area contributed by atoms with Crippen LogP contribution in [0.2, 0.25) is 0 Å². The Kier molecular flexibility index (Phi) is 7.05. The van der Waals surface area contributed by atoms with Crippen LogP contribution in [0.25, 0.3) is 0 Å². The molecule has 2 aromatic carbocycles. The van der Waals surface area contributed by atoms with Gasteiger partial charge < -0.3 is 14.8 Å². The van der Waals surface area contributed by atoms with E-state index in [9.17, 15) is 18.0 Å². The van der Waals surface area contributed by atoms with E-state index in [1.165, 1.54) is 44.6 Å². The number of hydrogen-bond acceptors (Lipinski definition) is 9. The number of nitrogens with one attached hydrogen (secondary N) is 2. The second-order valence-electron chi connectivity index (χ2n) is 7.90. The quantitative estimate of drug-likeness (QED) is 0.409. The van der Waals surface area contributed by atoms with E-state index in [0.29, 0.717) is 22.8 Å². The number of carbonyl (C=O) groups excluding carboxylic acids is 2. The van der Waals surface area contributed by atoms with Gasteiger partial charge in [-0.1, -0.05) is 11.6 Å². The fraction of sp³-hybridized carbons (Fsp3) is 0.167. The topological polar surface area (TPSA) is 140 Å². The summed E-state index contributed by atoms with van der Waals surface area (Å²) in [6.07, 6.45) is 0. The number of amides is 2. The Bertz CT molecular complexity index is 1520. The number of halogens is 1. The van der Waals surface area contributed by atoms with Gasteiger partial charge in [-0.05, 0) is 56.3 Å². The lowest BCUT2D eigenvalue weighted by Gasteiger charge is -2.19. The first-order chi connectivity index (χ1) is 17.5. The largest absolute Gasteiger partial charge is 0.497 e. The summed E-state index contributed by atoms with van der Waals surface area (Å²) in [7, 11) is -1.12. The summed E-state index contributed by atoms with van der Waals surface area (Å²) in [6, 6.07) is 11.9. The number of aryl methyl sites for hydroxylation is 2. The van der Waals surface area contributed by atoms with Crippen LogP contribution >= 0.6 is 11.6 Å². The molecule has 0 bridgehead atoms. The van der Waals surface area contributed by atoms with Gasteiger partial charge in [0.1, 0.15) is 22.2 Å². The second kappa shape index (κ2) is 10.1. The Morgan fingerprint density at radius 1 is 0.892 bits per heavy atom. The van der Waals surface area contributed by atoms with Crippen LogP contribution < -0.4 is 24.4 Å². The van der Waals surface area contributed by atoms with Crippen molar-refractivity contribution in [3.8, 4) is 11.5 Å². The van der Waals surface area contributed by atoms with E-state index in [1.807, 2.05) is 0 Å². The van der Waals surface area contributed by atoms with Gasteiger partial charge in [0.2, 0.25) is 5.95 Å². The highest BCUT2D eigenvalue weighted by atomic mass is 35.5. The van der Waals surface area contributed by atoms with Gasteiger partial charge in [0, 0.05) is 23.1 Å². The van der Waals surface area contributed by atoms with Crippen LogP contribution in [0.3, 0.4) is 0 Å². The average molecular weight is 544 g/mol. The Morgan fingerprint density at radius 3 is 2.14 bits per heavy atom. The van der Waals surface area contributed by atoms with Gasteiger partial charge in [0.05, 0.1) is 24.8 Å². The number of sulfonamides is 1. The van der Waals surface area contributed by atoms with Gasteiger partial charge in [-0.25, -0.2) is 28.0 Å². The lowest BCUT2D eigenvalue weighted by Crippen LogP contribution is -2.32.